The zero-order valence-electron chi connectivity index (χ0n) is 15.7. The summed E-state index contributed by atoms with van der Waals surface area (Å²) in [5.74, 6) is 0.798. The second-order valence-electron chi connectivity index (χ2n) is 6.17. The average Bonchev–Trinajstić information content (AvgIpc) is 2.68. The van der Waals surface area contributed by atoms with Crippen molar-refractivity contribution in [3.63, 3.8) is 0 Å². The number of hydrogen-bond acceptors (Lipinski definition) is 4. The molecule has 0 spiro atoms. The van der Waals surface area contributed by atoms with Crippen LogP contribution >= 0.6 is 0 Å². The summed E-state index contributed by atoms with van der Waals surface area (Å²) in [4.78, 5) is 17.8. The van der Waals surface area contributed by atoms with E-state index in [0.29, 0.717) is 38.9 Å². The molecule has 1 saturated heterocycles. The Morgan fingerprint density at radius 3 is 2.65 bits per heavy atom. The lowest BCUT2D eigenvalue weighted by Crippen LogP contribution is -2.49. The molecule has 0 atom stereocenters. The molecule has 1 aromatic carbocycles. The molecule has 2 rings (SSSR count). The molecule has 1 aromatic rings. The van der Waals surface area contributed by atoms with Crippen molar-refractivity contribution in [2.75, 3.05) is 39.9 Å². The number of amides is 1. The van der Waals surface area contributed by atoms with E-state index in [4.69, 9.17) is 9.47 Å². The molecule has 7 heteroatoms. The van der Waals surface area contributed by atoms with Gasteiger partial charge < -0.3 is 25.0 Å². The molecule has 7 nitrogen and oxygen atoms in total. The van der Waals surface area contributed by atoms with Gasteiger partial charge in [-0.1, -0.05) is 30.3 Å². The van der Waals surface area contributed by atoms with E-state index in [2.05, 4.69) is 27.8 Å². The Kier molecular flexibility index (Phi) is 8.75. The first-order valence-electron chi connectivity index (χ1n) is 9.22. The van der Waals surface area contributed by atoms with E-state index in [1.807, 2.05) is 25.1 Å². The normalized spacial score (nSPS) is 15.6. The summed E-state index contributed by atoms with van der Waals surface area (Å²) in [6.45, 7) is 6.02. The van der Waals surface area contributed by atoms with Crippen molar-refractivity contribution in [2.45, 2.75) is 32.4 Å². The Bertz CT molecular complexity index is 557. The molecule has 26 heavy (non-hydrogen) atoms. The van der Waals surface area contributed by atoms with Crippen LogP contribution in [-0.2, 0) is 16.1 Å². The minimum Gasteiger partial charge on any atom is -0.453 e. The van der Waals surface area contributed by atoms with Gasteiger partial charge in [0.25, 0.3) is 0 Å². The highest BCUT2D eigenvalue weighted by atomic mass is 16.5. The van der Waals surface area contributed by atoms with Gasteiger partial charge in [-0.2, -0.15) is 0 Å². The number of ether oxygens (including phenoxy) is 2. The fraction of sp³-hybridized carbons (Fsp3) is 0.579. The molecule has 0 bridgehead atoms. The zero-order chi connectivity index (χ0) is 18.6. The third-order valence-electron chi connectivity index (χ3n) is 4.23. The van der Waals surface area contributed by atoms with Crippen molar-refractivity contribution in [1.82, 2.24) is 15.5 Å². The molecule has 0 unspecified atom stereocenters. The molecule has 1 aliphatic rings. The maximum atomic E-state index is 11.5. The van der Waals surface area contributed by atoms with Gasteiger partial charge in [-0.15, -0.1) is 0 Å². The van der Waals surface area contributed by atoms with Gasteiger partial charge >= 0.3 is 6.09 Å². The van der Waals surface area contributed by atoms with Crippen molar-refractivity contribution >= 4 is 12.1 Å². The highest BCUT2D eigenvalue weighted by Crippen LogP contribution is 2.11. The van der Waals surface area contributed by atoms with Crippen LogP contribution in [0.4, 0.5) is 4.79 Å². The van der Waals surface area contributed by atoms with Crippen molar-refractivity contribution < 1.29 is 14.3 Å². The lowest BCUT2D eigenvalue weighted by Gasteiger charge is -2.32. The van der Waals surface area contributed by atoms with Gasteiger partial charge in [-0.3, -0.25) is 4.99 Å². The maximum absolute atomic E-state index is 11.5. The minimum absolute atomic E-state index is 0.250. The monoisotopic (exact) mass is 362 g/mol. The largest absolute Gasteiger partial charge is 0.453 e. The molecular formula is C19H30N4O3. The number of rotatable bonds is 7. The summed E-state index contributed by atoms with van der Waals surface area (Å²) in [5.41, 5.74) is 1.17. The summed E-state index contributed by atoms with van der Waals surface area (Å²) in [6, 6.07) is 10.4. The SMILES string of the molecule is CCNC(=NCCOCc1ccccc1)NC1CCN(C(=O)OC)CC1. The number of guanidine groups is 1. The van der Waals surface area contributed by atoms with Gasteiger partial charge in [0.2, 0.25) is 0 Å². The van der Waals surface area contributed by atoms with Crippen molar-refractivity contribution in [2.24, 2.45) is 4.99 Å². The molecule has 2 N–H and O–H groups in total. The van der Waals surface area contributed by atoms with Crippen molar-refractivity contribution in [1.29, 1.82) is 0 Å². The molecule has 1 amide bonds. The summed E-state index contributed by atoms with van der Waals surface area (Å²) in [5, 5.41) is 6.71. The van der Waals surface area contributed by atoms with Crippen LogP contribution in [0.2, 0.25) is 0 Å². The van der Waals surface area contributed by atoms with Crippen molar-refractivity contribution in [3.8, 4) is 0 Å². The summed E-state index contributed by atoms with van der Waals surface area (Å²) in [6.07, 6.45) is 1.51. The van der Waals surface area contributed by atoms with Crippen LogP contribution in [-0.4, -0.2) is 62.9 Å². The number of methoxy groups -OCH3 is 1. The van der Waals surface area contributed by atoms with Crippen LogP contribution in [0.3, 0.4) is 0 Å². The zero-order valence-corrected chi connectivity index (χ0v) is 15.7. The summed E-state index contributed by atoms with van der Waals surface area (Å²) in [7, 11) is 1.42. The second kappa shape index (κ2) is 11.4. The van der Waals surface area contributed by atoms with E-state index in [1.54, 1.807) is 4.90 Å². The highest BCUT2D eigenvalue weighted by molar-refractivity contribution is 5.80. The molecule has 0 saturated carbocycles. The molecule has 1 fully saturated rings. The topological polar surface area (TPSA) is 75.2 Å². The Morgan fingerprint density at radius 1 is 1.27 bits per heavy atom. The molecule has 0 aromatic heterocycles. The molecule has 1 heterocycles. The van der Waals surface area contributed by atoms with Crippen LogP contribution in [0.25, 0.3) is 0 Å². The predicted octanol–water partition coefficient (Wildman–Crippen LogP) is 1.99. The van der Waals surface area contributed by atoms with E-state index in [0.717, 1.165) is 25.3 Å². The smallest absolute Gasteiger partial charge is 0.409 e. The van der Waals surface area contributed by atoms with Gasteiger partial charge in [-0.05, 0) is 25.3 Å². The summed E-state index contributed by atoms with van der Waals surface area (Å²) < 4.78 is 10.4. The molecule has 0 aliphatic carbocycles. The first kappa shape index (κ1) is 20.0. The van der Waals surface area contributed by atoms with E-state index in [-0.39, 0.29) is 6.09 Å². The van der Waals surface area contributed by atoms with Gasteiger partial charge in [0.1, 0.15) is 0 Å². The maximum Gasteiger partial charge on any atom is 0.409 e. The molecule has 0 radical (unpaired) electrons. The molecule has 144 valence electrons. The molecule has 1 aliphatic heterocycles. The lowest BCUT2D eigenvalue weighted by molar-refractivity contribution is 0.111. The Balaban J connectivity index is 1.70. The Hall–Kier alpha value is -2.28. The predicted molar refractivity (Wildman–Crippen MR) is 102 cm³/mol. The number of carbonyl (C=O) groups excluding carboxylic acids is 1. The number of piperidine rings is 1. The first-order chi connectivity index (χ1) is 12.7. The summed E-state index contributed by atoms with van der Waals surface area (Å²) >= 11 is 0. The minimum atomic E-state index is -0.250. The standard InChI is InChI=1S/C19H30N4O3/c1-3-20-18(21-11-14-26-15-16-7-5-4-6-8-16)22-17-9-12-23(13-10-17)19(24)25-2/h4-8,17H,3,9-15H2,1-2H3,(H2,20,21,22). The number of hydrogen-bond donors (Lipinski definition) is 2. The number of nitrogens with one attached hydrogen (secondary N) is 2. The first-order valence-corrected chi connectivity index (χ1v) is 9.22. The van der Waals surface area contributed by atoms with Crippen LogP contribution in [0, 0.1) is 0 Å². The second-order valence-corrected chi connectivity index (χ2v) is 6.17. The van der Waals surface area contributed by atoms with Crippen LogP contribution in [0.15, 0.2) is 35.3 Å². The third-order valence-corrected chi connectivity index (χ3v) is 4.23. The lowest BCUT2D eigenvalue weighted by atomic mass is 10.1. The van der Waals surface area contributed by atoms with Crippen LogP contribution < -0.4 is 10.6 Å². The quantitative estimate of drug-likeness (QED) is 0.441. The number of benzene rings is 1. The van der Waals surface area contributed by atoms with E-state index in [1.165, 1.54) is 12.7 Å². The number of likely N-dealkylation sites (tertiary alicyclic amines) is 1. The van der Waals surface area contributed by atoms with Gasteiger partial charge in [0.05, 0.1) is 26.9 Å². The van der Waals surface area contributed by atoms with E-state index >= 15 is 0 Å². The number of aliphatic imine (C=N–C) groups is 1. The van der Waals surface area contributed by atoms with Crippen LogP contribution in [0.5, 0.6) is 0 Å². The van der Waals surface area contributed by atoms with Crippen LogP contribution in [0.1, 0.15) is 25.3 Å². The Labute approximate surface area is 155 Å². The number of carbonyl (C=O) groups is 1. The Morgan fingerprint density at radius 2 is 2.00 bits per heavy atom. The van der Waals surface area contributed by atoms with Gasteiger partial charge in [0, 0.05) is 25.7 Å². The third kappa shape index (κ3) is 6.92. The van der Waals surface area contributed by atoms with Gasteiger partial charge in [0.15, 0.2) is 5.96 Å². The number of nitrogens with zero attached hydrogens (tertiary/aromatic N) is 2. The fourth-order valence-electron chi connectivity index (χ4n) is 2.84. The fourth-order valence-corrected chi connectivity index (χ4v) is 2.84. The van der Waals surface area contributed by atoms with Crippen molar-refractivity contribution in [3.05, 3.63) is 35.9 Å². The average molecular weight is 362 g/mol. The molecular weight excluding hydrogens is 332 g/mol. The van der Waals surface area contributed by atoms with Gasteiger partial charge in [-0.25, -0.2) is 4.79 Å². The van der Waals surface area contributed by atoms with E-state index < -0.39 is 0 Å². The van der Waals surface area contributed by atoms with E-state index in [9.17, 15) is 4.79 Å². The highest BCUT2D eigenvalue weighted by Gasteiger charge is 2.23.